The quantitative estimate of drug-likeness (QED) is 0.565. The largest absolute Gasteiger partial charge is 0.360 e. The Morgan fingerprint density at radius 3 is 3.00 bits per heavy atom. The number of imidazole rings is 1. The van der Waals surface area contributed by atoms with Crippen LogP contribution in [0.1, 0.15) is 10.5 Å². The van der Waals surface area contributed by atoms with Gasteiger partial charge in [-0.3, -0.25) is 9.20 Å². The second-order valence-corrected chi connectivity index (χ2v) is 4.50. The molecule has 5 nitrogen and oxygen atoms in total. The Morgan fingerprint density at radius 1 is 1.20 bits per heavy atom. The fourth-order valence-corrected chi connectivity index (χ4v) is 2.48. The summed E-state index contributed by atoms with van der Waals surface area (Å²) in [5.41, 5.74) is 3.09. The highest BCUT2D eigenvalue weighted by molar-refractivity contribution is 5.99. The second kappa shape index (κ2) is 4.03. The standard InChI is InChI=1S/C15H10N4O/c20-9-13-14(18-15-16-6-3-7-19(13)15)11-8-17-12-5-2-1-4-10(11)12/h1-9,17H. The molecule has 1 N–H and O–H groups in total. The van der Waals surface area contributed by atoms with Gasteiger partial charge in [0.05, 0.1) is 0 Å². The van der Waals surface area contributed by atoms with Crippen molar-refractivity contribution in [2.24, 2.45) is 0 Å². The fraction of sp³-hybridized carbons (Fsp3) is 0. The average Bonchev–Trinajstić information content (AvgIpc) is 3.07. The van der Waals surface area contributed by atoms with Gasteiger partial charge in [-0.05, 0) is 12.1 Å². The molecular weight excluding hydrogens is 252 g/mol. The summed E-state index contributed by atoms with van der Waals surface area (Å²) in [4.78, 5) is 23.3. The Labute approximate surface area is 113 Å². The van der Waals surface area contributed by atoms with Crippen LogP contribution >= 0.6 is 0 Å². The van der Waals surface area contributed by atoms with Crippen LogP contribution in [0.3, 0.4) is 0 Å². The van der Waals surface area contributed by atoms with Gasteiger partial charge >= 0.3 is 0 Å². The van der Waals surface area contributed by atoms with Gasteiger partial charge in [-0.25, -0.2) is 9.97 Å². The molecule has 96 valence electrons. The van der Waals surface area contributed by atoms with Crippen molar-refractivity contribution < 1.29 is 4.79 Å². The molecule has 0 radical (unpaired) electrons. The van der Waals surface area contributed by atoms with Gasteiger partial charge in [0.25, 0.3) is 0 Å². The van der Waals surface area contributed by atoms with Crippen LogP contribution in [0.4, 0.5) is 0 Å². The Hall–Kier alpha value is -2.95. The van der Waals surface area contributed by atoms with Gasteiger partial charge in [-0.1, -0.05) is 18.2 Å². The topological polar surface area (TPSA) is 63.0 Å². The number of hydrogen-bond acceptors (Lipinski definition) is 3. The van der Waals surface area contributed by atoms with Crippen molar-refractivity contribution >= 4 is 23.0 Å². The predicted molar refractivity (Wildman–Crippen MR) is 75.7 cm³/mol. The molecule has 0 atom stereocenters. The first-order valence-electron chi connectivity index (χ1n) is 6.23. The highest BCUT2D eigenvalue weighted by atomic mass is 16.1. The Kier molecular flexibility index (Phi) is 2.20. The van der Waals surface area contributed by atoms with Crippen LogP contribution in [0.15, 0.2) is 48.9 Å². The lowest BCUT2D eigenvalue weighted by molar-refractivity contribution is 0.111. The smallest absolute Gasteiger partial charge is 0.234 e. The summed E-state index contributed by atoms with van der Waals surface area (Å²) in [5.74, 6) is 0.523. The van der Waals surface area contributed by atoms with Crippen molar-refractivity contribution in [3.8, 4) is 11.3 Å². The number of aromatic amines is 1. The maximum absolute atomic E-state index is 11.4. The summed E-state index contributed by atoms with van der Waals surface area (Å²) in [6.07, 6.45) is 6.14. The monoisotopic (exact) mass is 262 g/mol. The highest BCUT2D eigenvalue weighted by Gasteiger charge is 2.16. The lowest BCUT2D eigenvalue weighted by atomic mass is 10.1. The van der Waals surface area contributed by atoms with Crippen molar-refractivity contribution in [1.29, 1.82) is 0 Å². The molecule has 4 rings (SSSR count). The molecule has 0 amide bonds. The molecule has 0 saturated carbocycles. The third kappa shape index (κ3) is 1.40. The van der Waals surface area contributed by atoms with Crippen LogP contribution in [0.25, 0.3) is 27.9 Å². The van der Waals surface area contributed by atoms with Crippen molar-refractivity contribution in [2.45, 2.75) is 0 Å². The van der Waals surface area contributed by atoms with Gasteiger partial charge in [0.1, 0.15) is 11.4 Å². The minimum atomic E-state index is 0.512. The normalized spacial score (nSPS) is 11.2. The zero-order valence-corrected chi connectivity index (χ0v) is 10.4. The number of para-hydroxylation sites is 1. The summed E-state index contributed by atoms with van der Waals surface area (Å²) in [5, 5.41) is 1.04. The first-order valence-corrected chi connectivity index (χ1v) is 6.23. The van der Waals surface area contributed by atoms with Crippen LogP contribution in [-0.2, 0) is 0 Å². The van der Waals surface area contributed by atoms with Crippen LogP contribution in [0.5, 0.6) is 0 Å². The zero-order chi connectivity index (χ0) is 13.5. The lowest BCUT2D eigenvalue weighted by Crippen LogP contribution is -1.92. The molecule has 0 saturated heterocycles. The van der Waals surface area contributed by atoms with Gasteiger partial charge in [0.15, 0.2) is 6.29 Å². The van der Waals surface area contributed by atoms with E-state index in [0.717, 1.165) is 22.8 Å². The Balaban J connectivity index is 2.09. The maximum atomic E-state index is 11.4. The third-order valence-corrected chi connectivity index (χ3v) is 3.40. The molecule has 3 aromatic heterocycles. The molecule has 0 aliphatic rings. The first kappa shape index (κ1) is 10.9. The Morgan fingerprint density at radius 2 is 2.10 bits per heavy atom. The molecule has 3 heterocycles. The Bertz CT molecular complexity index is 935. The predicted octanol–water partition coefficient (Wildman–Crippen LogP) is 2.69. The van der Waals surface area contributed by atoms with Crippen LogP contribution in [0.2, 0.25) is 0 Å². The third-order valence-electron chi connectivity index (χ3n) is 3.40. The number of carbonyl (C=O) groups is 1. The molecule has 1 aromatic carbocycles. The number of nitrogens with one attached hydrogen (secondary N) is 1. The van der Waals surface area contributed by atoms with E-state index < -0.39 is 0 Å². The molecule has 20 heavy (non-hydrogen) atoms. The summed E-state index contributed by atoms with van der Waals surface area (Å²) >= 11 is 0. The van der Waals surface area contributed by atoms with Crippen LogP contribution in [-0.4, -0.2) is 25.6 Å². The van der Waals surface area contributed by atoms with Crippen molar-refractivity contribution in [3.63, 3.8) is 0 Å². The molecule has 0 bridgehead atoms. The van der Waals surface area contributed by atoms with E-state index in [-0.39, 0.29) is 0 Å². The van der Waals surface area contributed by atoms with E-state index in [1.807, 2.05) is 30.5 Å². The molecular formula is C15H10N4O. The molecule has 0 aliphatic carbocycles. The van der Waals surface area contributed by atoms with E-state index in [9.17, 15) is 4.79 Å². The summed E-state index contributed by atoms with van der Waals surface area (Å²) < 4.78 is 1.70. The summed E-state index contributed by atoms with van der Waals surface area (Å²) in [7, 11) is 0. The van der Waals surface area contributed by atoms with Gasteiger partial charge < -0.3 is 4.98 Å². The zero-order valence-electron chi connectivity index (χ0n) is 10.4. The molecule has 5 heteroatoms. The first-order chi connectivity index (χ1) is 9.88. The van der Waals surface area contributed by atoms with E-state index in [0.29, 0.717) is 17.2 Å². The number of rotatable bonds is 2. The molecule has 0 fully saturated rings. The van der Waals surface area contributed by atoms with Gasteiger partial charge in [-0.2, -0.15) is 0 Å². The van der Waals surface area contributed by atoms with Crippen LogP contribution in [0, 0.1) is 0 Å². The van der Waals surface area contributed by atoms with E-state index in [1.54, 1.807) is 22.9 Å². The number of hydrogen-bond donors (Lipinski definition) is 1. The number of aldehydes is 1. The van der Waals surface area contributed by atoms with E-state index in [4.69, 9.17) is 0 Å². The minimum absolute atomic E-state index is 0.512. The van der Waals surface area contributed by atoms with Crippen molar-refractivity contribution in [1.82, 2.24) is 19.4 Å². The SMILES string of the molecule is O=Cc1c(-c2c[nH]c3ccccc23)nc2ncccn12. The molecule has 4 aromatic rings. The van der Waals surface area contributed by atoms with Crippen molar-refractivity contribution in [3.05, 3.63) is 54.6 Å². The van der Waals surface area contributed by atoms with Crippen LogP contribution < -0.4 is 0 Å². The lowest BCUT2D eigenvalue weighted by Gasteiger charge is -1.96. The molecule has 0 unspecified atom stereocenters. The van der Waals surface area contributed by atoms with Gasteiger partial charge in [0.2, 0.25) is 5.78 Å². The highest BCUT2D eigenvalue weighted by Crippen LogP contribution is 2.29. The van der Waals surface area contributed by atoms with E-state index in [2.05, 4.69) is 15.0 Å². The second-order valence-electron chi connectivity index (χ2n) is 4.50. The van der Waals surface area contributed by atoms with E-state index >= 15 is 0 Å². The number of H-pyrrole nitrogens is 1. The molecule has 0 spiro atoms. The van der Waals surface area contributed by atoms with E-state index in [1.165, 1.54) is 0 Å². The van der Waals surface area contributed by atoms with Crippen molar-refractivity contribution in [2.75, 3.05) is 0 Å². The summed E-state index contributed by atoms with van der Waals surface area (Å²) in [6, 6.07) is 9.71. The number of carbonyl (C=O) groups excluding carboxylic acids is 1. The number of nitrogens with zero attached hydrogens (tertiary/aromatic N) is 3. The van der Waals surface area contributed by atoms with Gasteiger partial charge in [0, 0.05) is 35.1 Å². The fourth-order valence-electron chi connectivity index (χ4n) is 2.48. The number of aromatic nitrogens is 4. The summed E-state index contributed by atoms with van der Waals surface area (Å²) in [6.45, 7) is 0. The average molecular weight is 262 g/mol. The maximum Gasteiger partial charge on any atom is 0.234 e. The van der Waals surface area contributed by atoms with Gasteiger partial charge in [-0.15, -0.1) is 0 Å². The number of benzene rings is 1. The number of fused-ring (bicyclic) bond motifs is 2. The minimum Gasteiger partial charge on any atom is -0.360 e. The molecule has 0 aliphatic heterocycles.